The molecule has 0 aromatic heterocycles. The van der Waals surface area contributed by atoms with E-state index in [1.807, 2.05) is 24.3 Å². The van der Waals surface area contributed by atoms with Gasteiger partial charge in [-0.3, -0.25) is 0 Å². The molecule has 1 aromatic carbocycles. The van der Waals surface area contributed by atoms with Gasteiger partial charge in [0.05, 0.1) is 5.92 Å². The normalized spacial score (nSPS) is 25.4. The summed E-state index contributed by atoms with van der Waals surface area (Å²) < 4.78 is 40.2. The van der Waals surface area contributed by atoms with Crippen molar-refractivity contribution in [2.24, 2.45) is 11.8 Å². The smallest absolute Gasteiger partial charge is 0.171 e. The summed E-state index contributed by atoms with van der Waals surface area (Å²) in [7, 11) is 0. The van der Waals surface area contributed by atoms with Gasteiger partial charge in [0.2, 0.25) is 0 Å². The second kappa shape index (κ2) is 6.69. The summed E-state index contributed by atoms with van der Waals surface area (Å²) in [6.45, 7) is 0. The third-order valence-electron chi connectivity index (χ3n) is 4.05. The van der Waals surface area contributed by atoms with Gasteiger partial charge in [0.25, 0.3) is 0 Å². The third-order valence-corrected chi connectivity index (χ3v) is 5.06. The Bertz CT molecular complexity index is 430. The largest absolute Gasteiger partial charge is 0.392 e. The fraction of sp³-hybridized carbons (Fsp3) is 0.600. The van der Waals surface area contributed by atoms with Crippen molar-refractivity contribution in [3.05, 3.63) is 34.3 Å². The van der Waals surface area contributed by atoms with Crippen molar-refractivity contribution in [1.82, 2.24) is 0 Å². The molecule has 0 saturated heterocycles. The van der Waals surface area contributed by atoms with E-state index in [1.54, 1.807) is 0 Å². The van der Waals surface area contributed by atoms with Gasteiger partial charge in [-0.15, -0.1) is 11.6 Å². The summed E-state index contributed by atoms with van der Waals surface area (Å²) in [6, 6.07) is 7.60. The molecule has 0 N–H and O–H groups in total. The van der Waals surface area contributed by atoms with Crippen LogP contribution >= 0.6 is 27.5 Å². The van der Waals surface area contributed by atoms with E-state index in [-0.39, 0.29) is 6.42 Å². The highest BCUT2D eigenvalue weighted by molar-refractivity contribution is 9.10. The van der Waals surface area contributed by atoms with E-state index in [0.29, 0.717) is 19.3 Å². The van der Waals surface area contributed by atoms with Crippen LogP contribution < -0.4 is 0 Å². The molecule has 0 aliphatic heterocycles. The van der Waals surface area contributed by atoms with Gasteiger partial charge in [0.1, 0.15) is 0 Å². The molecule has 1 saturated carbocycles. The zero-order valence-corrected chi connectivity index (χ0v) is 13.3. The first-order valence-corrected chi connectivity index (χ1v) is 8.06. The lowest BCUT2D eigenvalue weighted by atomic mass is 9.75. The maximum absolute atomic E-state index is 13.1. The van der Waals surface area contributed by atoms with E-state index < -0.39 is 23.4 Å². The molecule has 3 unspecified atom stereocenters. The molecule has 3 atom stereocenters. The first-order valence-electron chi connectivity index (χ1n) is 6.83. The number of hydrogen-bond acceptors (Lipinski definition) is 0. The Hall–Kier alpha value is -0.220. The van der Waals surface area contributed by atoms with Crippen LogP contribution in [0.1, 0.15) is 31.2 Å². The summed E-state index contributed by atoms with van der Waals surface area (Å²) in [4.78, 5) is 0. The standard InChI is InChI=1S/C15H17BrClF3/c16-11-7-5-10(6-8-11)9-14(17)12-3-1-2-4-13(12)15(18,19)20/h5-8,12-14H,1-4,9H2. The lowest BCUT2D eigenvalue weighted by Gasteiger charge is -2.35. The Kier molecular flexibility index (Phi) is 5.41. The average Bonchev–Trinajstić information content (AvgIpc) is 2.40. The molecule has 1 aliphatic rings. The van der Waals surface area contributed by atoms with Crippen molar-refractivity contribution >= 4 is 27.5 Å². The number of halogens is 5. The third kappa shape index (κ3) is 4.14. The van der Waals surface area contributed by atoms with Gasteiger partial charge in [0.15, 0.2) is 0 Å². The molecule has 112 valence electrons. The van der Waals surface area contributed by atoms with Crippen LogP contribution in [0.25, 0.3) is 0 Å². The SMILES string of the molecule is FC(F)(F)C1CCCCC1C(Cl)Cc1ccc(Br)cc1. The predicted octanol–water partition coefficient (Wildman–Crippen LogP) is 5.97. The van der Waals surface area contributed by atoms with Crippen molar-refractivity contribution in [2.45, 2.75) is 43.7 Å². The minimum absolute atomic E-state index is 0.220. The summed E-state index contributed by atoms with van der Waals surface area (Å²) >= 11 is 9.67. The second-order valence-electron chi connectivity index (χ2n) is 5.44. The van der Waals surface area contributed by atoms with Crippen LogP contribution in [0.4, 0.5) is 13.2 Å². The molecule has 0 radical (unpaired) electrons. The number of hydrogen-bond donors (Lipinski definition) is 0. The minimum atomic E-state index is -4.13. The van der Waals surface area contributed by atoms with E-state index in [2.05, 4.69) is 15.9 Å². The number of alkyl halides is 4. The highest BCUT2D eigenvalue weighted by Gasteiger charge is 2.47. The van der Waals surface area contributed by atoms with Gasteiger partial charge < -0.3 is 0 Å². The Labute approximate surface area is 130 Å². The molecule has 0 amide bonds. The van der Waals surface area contributed by atoms with E-state index in [1.165, 1.54) is 0 Å². The first-order chi connectivity index (χ1) is 9.38. The minimum Gasteiger partial charge on any atom is -0.171 e. The molecule has 1 aromatic rings. The summed E-state index contributed by atoms with van der Waals surface area (Å²) in [5.74, 6) is -1.71. The highest BCUT2D eigenvalue weighted by Crippen LogP contribution is 2.44. The molecule has 2 rings (SSSR count). The van der Waals surface area contributed by atoms with Gasteiger partial charge in [-0.2, -0.15) is 13.2 Å². The average molecular weight is 370 g/mol. The fourth-order valence-corrected chi connectivity index (χ4v) is 3.74. The van der Waals surface area contributed by atoms with Gasteiger partial charge in [-0.1, -0.05) is 40.9 Å². The predicted molar refractivity (Wildman–Crippen MR) is 79.0 cm³/mol. The molecule has 1 fully saturated rings. The molecule has 0 spiro atoms. The van der Waals surface area contributed by atoms with Crippen LogP contribution in [0.2, 0.25) is 0 Å². The van der Waals surface area contributed by atoms with E-state index in [0.717, 1.165) is 16.5 Å². The number of rotatable bonds is 3. The summed E-state index contributed by atoms with van der Waals surface area (Å²) in [5, 5.41) is -0.455. The molecular weight excluding hydrogens is 353 g/mol. The molecule has 0 nitrogen and oxygen atoms in total. The molecule has 0 bridgehead atoms. The monoisotopic (exact) mass is 368 g/mol. The highest BCUT2D eigenvalue weighted by atomic mass is 79.9. The van der Waals surface area contributed by atoms with Crippen molar-refractivity contribution in [3.63, 3.8) is 0 Å². The Morgan fingerprint density at radius 1 is 1.15 bits per heavy atom. The second-order valence-corrected chi connectivity index (χ2v) is 6.92. The van der Waals surface area contributed by atoms with Gasteiger partial charge in [0, 0.05) is 9.85 Å². The Morgan fingerprint density at radius 2 is 1.75 bits per heavy atom. The first kappa shape index (κ1) is 16.2. The fourth-order valence-electron chi connectivity index (χ4n) is 3.00. The topological polar surface area (TPSA) is 0 Å². The molecule has 0 heterocycles. The van der Waals surface area contributed by atoms with E-state index in [4.69, 9.17) is 11.6 Å². The summed E-state index contributed by atoms with van der Waals surface area (Å²) in [6.07, 6.45) is -1.33. The van der Waals surface area contributed by atoms with Gasteiger partial charge in [-0.05, 0) is 42.9 Å². The number of benzene rings is 1. The van der Waals surface area contributed by atoms with Crippen molar-refractivity contribution in [3.8, 4) is 0 Å². The van der Waals surface area contributed by atoms with Crippen LogP contribution in [-0.2, 0) is 6.42 Å². The van der Waals surface area contributed by atoms with Gasteiger partial charge in [-0.25, -0.2) is 0 Å². The van der Waals surface area contributed by atoms with Crippen LogP contribution in [0, 0.1) is 11.8 Å². The maximum Gasteiger partial charge on any atom is 0.392 e. The van der Waals surface area contributed by atoms with Crippen molar-refractivity contribution in [2.75, 3.05) is 0 Å². The van der Waals surface area contributed by atoms with E-state index in [9.17, 15) is 13.2 Å². The summed E-state index contributed by atoms with van der Waals surface area (Å²) in [5.41, 5.74) is 0.986. The van der Waals surface area contributed by atoms with E-state index >= 15 is 0 Å². The lowest BCUT2D eigenvalue weighted by Crippen LogP contribution is -2.38. The van der Waals surface area contributed by atoms with Crippen LogP contribution in [-0.4, -0.2) is 11.6 Å². The van der Waals surface area contributed by atoms with Gasteiger partial charge >= 0.3 is 6.18 Å². The van der Waals surface area contributed by atoms with Crippen molar-refractivity contribution < 1.29 is 13.2 Å². The quantitative estimate of drug-likeness (QED) is 0.576. The molecule has 1 aliphatic carbocycles. The molecular formula is C15H17BrClF3. The molecule has 20 heavy (non-hydrogen) atoms. The maximum atomic E-state index is 13.1. The Balaban J connectivity index is 2.06. The lowest BCUT2D eigenvalue weighted by molar-refractivity contribution is -0.196. The van der Waals surface area contributed by atoms with Crippen LogP contribution in [0.15, 0.2) is 28.7 Å². The van der Waals surface area contributed by atoms with Crippen LogP contribution in [0.3, 0.4) is 0 Å². The zero-order valence-electron chi connectivity index (χ0n) is 11.0. The van der Waals surface area contributed by atoms with Crippen molar-refractivity contribution in [1.29, 1.82) is 0 Å². The molecule has 5 heteroatoms. The van der Waals surface area contributed by atoms with Crippen LogP contribution in [0.5, 0.6) is 0 Å². The zero-order chi connectivity index (χ0) is 14.8. The Morgan fingerprint density at radius 3 is 2.35 bits per heavy atom.